The minimum atomic E-state index is -3.94. The standard InChI is InChI=1S/C18H24N2O5S/c1-11(2)17(18(21)19-22)20-26(23,24)12-8-9-14-13-6-4-3-5-7-15(13)25-16(14)10-12/h8-11,17,20,22H,3-7H2,1-2H3,(H,19,21)/t17-/m1/s1. The molecule has 2 aromatic rings. The van der Waals surface area contributed by atoms with E-state index in [1.807, 2.05) is 0 Å². The zero-order valence-electron chi connectivity index (χ0n) is 14.9. The summed E-state index contributed by atoms with van der Waals surface area (Å²) >= 11 is 0. The minimum Gasteiger partial charge on any atom is -0.461 e. The second-order valence-electron chi connectivity index (χ2n) is 7.04. The lowest BCUT2D eigenvalue weighted by Crippen LogP contribution is -2.48. The van der Waals surface area contributed by atoms with Gasteiger partial charge in [0.1, 0.15) is 17.4 Å². The summed E-state index contributed by atoms with van der Waals surface area (Å²) in [7, 11) is -3.94. The van der Waals surface area contributed by atoms with Crippen LogP contribution in [-0.4, -0.2) is 25.6 Å². The molecule has 7 nitrogen and oxygen atoms in total. The summed E-state index contributed by atoms with van der Waals surface area (Å²) in [5.74, 6) is -0.186. The number of carbonyl (C=O) groups is 1. The fraction of sp³-hybridized carbons (Fsp3) is 0.500. The van der Waals surface area contributed by atoms with Gasteiger partial charge >= 0.3 is 0 Å². The van der Waals surface area contributed by atoms with E-state index in [1.54, 1.807) is 19.9 Å². The Balaban J connectivity index is 1.95. The fourth-order valence-corrected chi connectivity index (χ4v) is 4.74. The van der Waals surface area contributed by atoms with Crippen molar-refractivity contribution in [3.8, 4) is 0 Å². The first kappa shape index (κ1) is 18.9. The molecule has 0 radical (unpaired) electrons. The number of hydroxylamine groups is 1. The number of benzene rings is 1. The Bertz CT molecular complexity index is 917. The van der Waals surface area contributed by atoms with Crippen molar-refractivity contribution in [1.29, 1.82) is 0 Å². The van der Waals surface area contributed by atoms with Crippen LogP contribution in [0.25, 0.3) is 11.0 Å². The molecular formula is C18H24N2O5S. The van der Waals surface area contributed by atoms with Crippen LogP contribution in [0.4, 0.5) is 0 Å². The van der Waals surface area contributed by atoms with Crippen molar-refractivity contribution in [2.24, 2.45) is 5.92 Å². The Labute approximate surface area is 152 Å². The summed E-state index contributed by atoms with van der Waals surface area (Å²) in [5.41, 5.74) is 3.23. The number of rotatable bonds is 5. The SMILES string of the molecule is CC(C)[C@@H](NS(=O)(=O)c1ccc2c3c(oc2c1)CCCCC3)C(=O)NO. The van der Waals surface area contributed by atoms with Crippen molar-refractivity contribution < 1.29 is 22.8 Å². The number of sulfonamides is 1. The second-order valence-corrected chi connectivity index (χ2v) is 8.76. The van der Waals surface area contributed by atoms with Gasteiger partial charge in [-0.15, -0.1) is 0 Å². The Kier molecular flexibility index (Phi) is 5.36. The molecule has 1 aromatic heterocycles. The topological polar surface area (TPSA) is 109 Å². The molecule has 8 heteroatoms. The van der Waals surface area contributed by atoms with Crippen molar-refractivity contribution in [2.45, 2.75) is 56.9 Å². The molecule has 142 valence electrons. The molecule has 3 N–H and O–H groups in total. The highest BCUT2D eigenvalue weighted by molar-refractivity contribution is 7.89. The van der Waals surface area contributed by atoms with Gasteiger partial charge in [-0.2, -0.15) is 4.72 Å². The van der Waals surface area contributed by atoms with Crippen LogP contribution in [0, 0.1) is 5.92 Å². The van der Waals surface area contributed by atoms with E-state index in [9.17, 15) is 13.2 Å². The summed E-state index contributed by atoms with van der Waals surface area (Å²) in [5, 5.41) is 9.78. The van der Waals surface area contributed by atoms with E-state index in [-0.39, 0.29) is 10.8 Å². The first-order chi connectivity index (χ1) is 12.3. The van der Waals surface area contributed by atoms with Crippen LogP contribution >= 0.6 is 0 Å². The van der Waals surface area contributed by atoms with Crippen molar-refractivity contribution >= 4 is 26.9 Å². The maximum atomic E-state index is 12.7. The second kappa shape index (κ2) is 7.38. The van der Waals surface area contributed by atoms with Crippen LogP contribution in [0.5, 0.6) is 0 Å². The molecule has 26 heavy (non-hydrogen) atoms. The number of fused-ring (bicyclic) bond motifs is 3. The summed E-state index contributed by atoms with van der Waals surface area (Å²) in [6.07, 6.45) is 5.17. The molecule has 1 aromatic carbocycles. The summed E-state index contributed by atoms with van der Waals surface area (Å²) in [6, 6.07) is 3.72. The van der Waals surface area contributed by atoms with Gasteiger partial charge in [-0.3, -0.25) is 10.0 Å². The molecule has 3 rings (SSSR count). The van der Waals surface area contributed by atoms with Gasteiger partial charge in [0, 0.05) is 23.4 Å². The summed E-state index contributed by atoms with van der Waals surface area (Å²) in [6.45, 7) is 3.38. The highest BCUT2D eigenvalue weighted by Crippen LogP contribution is 2.32. The van der Waals surface area contributed by atoms with Gasteiger partial charge in [0.2, 0.25) is 10.0 Å². The third-order valence-electron chi connectivity index (χ3n) is 4.83. The number of amides is 1. The molecule has 1 heterocycles. The van der Waals surface area contributed by atoms with E-state index in [4.69, 9.17) is 9.62 Å². The molecule has 0 spiro atoms. The Morgan fingerprint density at radius 2 is 1.92 bits per heavy atom. The van der Waals surface area contributed by atoms with Crippen molar-refractivity contribution in [3.63, 3.8) is 0 Å². The molecule has 0 saturated carbocycles. The van der Waals surface area contributed by atoms with E-state index in [2.05, 4.69) is 4.72 Å². The van der Waals surface area contributed by atoms with Crippen LogP contribution < -0.4 is 10.2 Å². The molecule has 0 unspecified atom stereocenters. The van der Waals surface area contributed by atoms with Gasteiger partial charge in [0.15, 0.2) is 0 Å². The molecule has 1 aliphatic rings. The van der Waals surface area contributed by atoms with E-state index >= 15 is 0 Å². The molecule has 1 amide bonds. The molecule has 1 aliphatic carbocycles. The van der Waals surface area contributed by atoms with E-state index < -0.39 is 22.0 Å². The Hall–Kier alpha value is -1.90. The van der Waals surface area contributed by atoms with E-state index in [0.29, 0.717) is 5.58 Å². The third kappa shape index (κ3) is 3.62. The molecule has 1 atom stereocenters. The maximum absolute atomic E-state index is 12.7. The smallest absolute Gasteiger partial charge is 0.261 e. The lowest BCUT2D eigenvalue weighted by atomic mass is 10.1. The zero-order valence-corrected chi connectivity index (χ0v) is 15.7. The number of carbonyl (C=O) groups excluding carboxylic acids is 1. The highest BCUT2D eigenvalue weighted by Gasteiger charge is 2.29. The van der Waals surface area contributed by atoms with Crippen molar-refractivity contribution in [1.82, 2.24) is 10.2 Å². The van der Waals surface area contributed by atoms with Gasteiger partial charge in [-0.05, 0) is 37.3 Å². The lowest BCUT2D eigenvalue weighted by Gasteiger charge is -2.20. The third-order valence-corrected chi connectivity index (χ3v) is 6.27. The number of aryl methyl sites for hydroxylation is 2. The van der Waals surface area contributed by atoms with Crippen LogP contribution in [0.15, 0.2) is 27.5 Å². The zero-order chi connectivity index (χ0) is 18.9. The monoisotopic (exact) mass is 380 g/mol. The van der Waals surface area contributed by atoms with Crippen molar-refractivity contribution in [2.75, 3.05) is 0 Å². The first-order valence-corrected chi connectivity index (χ1v) is 10.3. The Morgan fingerprint density at radius 1 is 1.19 bits per heavy atom. The number of hydrogen-bond donors (Lipinski definition) is 3. The van der Waals surface area contributed by atoms with E-state index in [0.717, 1.165) is 36.8 Å². The van der Waals surface area contributed by atoms with Gasteiger partial charge in [-0.25, -0.2) is 13.9 Å². The van der Waals surface area contributed by atoms with Crippen molar-refractivity contribution in [3.05, 3.63) is 29.5 Å². The van der Waals surface area contributed by atoms with Crippen LogP contribution in [0.1, 0.15) is 44.4 Å². The Morgan fingerprint density at radius 3 is 2.62 bits per heavy atom. The average Bonchev–Trinajstić information content (AvgIpc) is 2.79. The predicted molar refractivity (Wildman–Crippen MR) is 96.3 cm³/mol. The van der Waals surface area contributed by atoms with Crippen LogP contribution in [0.2, 0.25) is 0 Å². The summed E-state index contributed by atoms with van der Waals surface area (Å²) < 4.78 is 33.7. The normalized spacial score (nSPS) is 16.3. The quantitative estimate of drug-likeness (QED) is 0.420. The number of hydrogen-bond acceptors (Lipinski definition) is 5. The maximum Gasteiger partial charge on any atom is 0.261 e. The molecular weight excluding hydrogens is 356 g/mol. The predicted octanol–water partition coefficient (Wildman–Crippen LogP) is 2.51. The highest BCUT2D eigenvalue weighted by atomic mass is 32.2. The molecule has 0 fully saturated rings. The van der Waals surface area contributed by atoms with Gasteiger partial charge < -0.3 is 4.42 Å². The largest absolute Gasteiger partial charge is 0.461 e. The van der Waals surface area contributed by atoms with Crippen LogP contribution in [-0.2, 0) is 27.7 Å². The fourth-order valence-electron chi connectivity index (χ4n) is 3.39. The molecule has 0 saturated heterocycles. The van der Waals surface area contributed by atoms with E-state index in [1.165, 1.54) is 29.6 Å². The van der Waals surface area contributed by atoms with Gasteiger partial charge in [0.05, 0.1) is 4.90 Å². The number of nitrogens with one attached hydrogen (secondary N) is 2. The van der Waals surface area contributed by atoms with Crippen LogP contribution in [0.3, 0.4) is 0 Å². The molecule has 0 aliphatic heterocycles. The first-order valence-electron chi connectivity index (χ1n) is 8.84. The number of furan rings is 1. The van der Waals surface area contributed by atoms with Gasteiger partial charge in [-0.1, -0.05) is 20.3 Å². The average molecular weight is 380 g/mol. The summed E-state index contributed by atoms with van der Waals surface area (Å²) in [4.78, 5) is 11.8. The minimum absolute atomic E-state index is 0.0327. The molecule has 0 bridgehead atoms. The lowest BCUT2D eigenvalue weighted by molar-refractivity contribution is -0.131. The van der Waals surface area contributed by atoms with Gasteiger partial charge in [0.25, 0.3) is 5.91 Å².